The van der Waals surface area contributed by atoms with E-state index >= 15 is 0 Å². The van der Waals surface area contributed by atoms with Crippen LogP contribution < -0.4 is 33.2 Å². The van der Waals surface area contributed by atoms with Crippen LogP contribution in [0.25, 0.3) is 0 Å². The van der Waals surface area contributed by atoms with Crippen molar-refractivity contribution in [3.8, 4) is 0 Å². The minimum atomic E-state index is -1.15. The molecule has 6 aromatic rings. The Morgan fingerprint density at radius 3 is 1.36 bits per heavy atom. The molecule has 0 unspecified atom stereocenters. The third kappa shape index (κ3) is 16.6. The van der Waals surface area contributed by atoms with Crippen molar-refractivity contribution in [2.24, 2.45) is 32.2 Å². The van der Waals surface area contributed by atoms with Crippen molar-refractivity contribution >= 4 is 76.1 Å². The molecule has 0 spiro atoms. The van der Waals surface area contributed by atoms with Crippen LogP contribution in [-0.4, -0.2) is 88.7 Å². The number of rotatable bonds is 15. The number of pyridine rings is 3. The lowest BCUT2D eigenvalue weighted by Gasteiger charge is -2.08. The van der Waals surface area contributed by atoms with Crippen LogP contribution in [0.15, 0.2) is 124 Å². The van der Waals surface area contributed by atoms with Gasteiger partial charge in [-0.3, -0.25) is 14.4 Å². The molecule has 0 saturated heterocycles. The summed E-state index contributed by atoms with van der Waals surface area (Å²) in [7, 11) is 0. The van der Waals surface area contributed by atoms with Crippen LogP contribution in [0.1, 0.15) is 67.0 Å². The Morgan fingerprint density at radius 1 is 0.533 bits per heavy atom. The summed E-state index contributed by atoms with van der Waals surface area (Å²) in [6.45, 7) is 1.53. The maximum Gasteiger partial charge on any atom is 0.282 e. The van der Waals surface area contributed by atoms with Crippen LogP contribution in [0.3, 0.4) is 0 Å². The Labute approximate surface area is 436 Å². The van der Waals surface area contributed by atoms with Crippen LogP contribution in [0.2, 0.25) is 10.2 Å². The minimum absolute atomic E-state index is 0.0582. The fourth-order valence-corrected chi connectivity index (χ4v) is 7.59. The predicted molar refractivity (Wildman–Crippen MR) is 275 cm³/mol. The molecule has 3 aromatic carbocycles. The van der Waals surface area contributed by atoms with E-state index in [4.69, 9.17) is 54.6 Å². The minimum Gasteiger partial charge on any atom is -0.463 e. The molecule has 9 N–H and O–H groups in total. The Bertz CT molecular complexity index is 3080. The fraction of sp³-hybridized carbons (Fsp3) is 0.235. The van der Waals surface area contributed by atoms with Gasteiger partial charge in [0.1, 0.15) is 30.8 Å². The zero-order valence-electron chi connectivity index (χ0n) is 39.6. The molecule has 24 heteroatoms. The largest absolute Gasteiger partial charge is 0.463 e. The van der Waals surface area contributed by atoms with Crippen molar-refractivity contribution in [1.82, 2.24) is 15.0 Å². The number of aromatic nitrogens is 3. The number of ether oxygens (including phenoxy) is 3. The molecular formula is C51H48Cl2F4N12O6. The zero-order valence-corrected chi connectivity index (χ0v) is 41.1. The number of amidine groups is 3. The van der Waals surface area contributed by atoms with E-state index in [-0.39, 0.29) is 57.8 Å². The summed E-state index contributed by atoms with van der Waals surface area (Å²) in [5.74, 6) is -5.66. The monoisotopic (exact) mass is 1070 g/mol. The molecule has 9 rings (SSSR count). The highest BCUT2D eigenvalue weighted by atomic mass is 35.5. The standard InChI is InChI=1S/C17H16Cl2N4O2.2C17H16F2N4O2/c18-14-7-11(8-21-15(14)19)16(24)22-12-4-1-10(2-5-12)3-6-13-9-25-17(20)23-13;18-11-7-14(15(19)21-8-11)16(24)22-12-4-1-10(2-5-12)3-6-13-9-25-17(20)23-13;18-14-8-7-13(15(19)23-14)16(24)21-11-4-1-10(2-5-11)3-6-12-9-25-17(20)22-12/h2*1-2,4-5,7-8,13H,3,6,9H2,(H2,20,23)(H,22,24);1-2,4-5,7-8,12H,3,6,9H2,(H2,20,22)(H,21,24)/t2*13-;12-/m000/s1. The van der Waals surface area contributed by atoms with Crippen LogP contribution in [0, 0.1) is 23.7 Å². The van der Waals surface area contributed by atoms with Gasteiger partial charge < -0.3 is 47.4 Å². The SMILES string of the molecule is NC1=N[C@@H](CCc2ccc(NC(=O)c3cc(F)cnc3F)cc2)CO1.NC1=N[C@@H](CCc2ccc(NC(=O)c3ccc(F)nc3F)cc2)CO1.NC1=N[C@@H](CCc2ccc(NC(=O)c3cnc(Cl)c(Cl)c3)cc2)CO1. The summed E-state index contributed by atoms with van der Waals surface area (Å²) in [6, 6.07) is 27.1. The summed E-state index contributed by atoms with van der Waals surface area (Å²) >= 11 is 11.6. The van der Waals surface area contributed by atoms with Gasteiger partial charge in [-0.2, -0.15) is 18.2 Å². The molecule has 3 amide bonds. The number of hydrogen-bond acceptors (Lipinski definition) is 15. The van der Waals surface area contributed by atoms with Crippen LogP contribution in [0.4, 0.5) is 34.6 Å². The number of halogens is 6. The number of nitrogens with one attached hydrogen (secondary N) is 3. The van der Waals surface area contributed by atoms with Gasteiger partial charge in [0, 0.05) is 23.3 Å². The van der Waals surface area contributed by atoms with E-state index < -0.39 is 41.0 Å². The first-order valence-corrected chi connectivity index (χ1v) is 23.8. The van der Waals surface area contributed by atoms with Crippen molar-refractivity contribution in [2.45, 2.75) is 56.7 Å². The number of nitrogens with zero attached hydrogens (tertiary/aromatic N) is 6. The molecule has 390 valence electrons. The normalized spacial score (nSPS) is 16.2. The maximum absolute atomic E-state index is 13.5. The first-order chi connectivity index (χ1) is 36.0. The van der Waals surface area contributed by atoms with Gasteiger partial charge >= 0.3 is 0 Å². The quantitative estimate of drug-likeness (QED) is 0.0425. The van der Waals surface area contributed by atoms with Crippen LogP contribution in [0.5, 0.6) is 0 Å². The van der Waals surface area contributed by atoms with Gasteiger partial charge in [0.15, 0.2) is 0 Å². The molecule has 75 heavy (non-hydrogen) atoms. The van der Waals surface area contributed by atoms with Gasteiger partial charge in [-0.05, 0) is 116 Å². The van der Waals surface area contributed by atoms with Gasteiger partial charge in [0.2, 0.25) is 17.8 Å². The molecule has 0 saturated carbocycles. The van der Waals surface area contributed by atoms with Crippen molar-refractivity contribution < 1.29 is 46.2 Å². The Hall–Kier alpha value is -8.37. The molecule has 0 fully saturated rings. The smallest absolute Gasteiger partial charge is 0.282 e. The van der Waals surface area contributed by atoms with Gasteiger partial charge in [-0.25, -0.2) is 29.3 Å². The van der Waals surface area contributed by atoms with Crippen molar-refractivity contribution in [1.29, 1.82) is 0 Å². The second-order valence-corrected chi connectivity index (χ2v) is 17.6. The highest BCUT2D eigenvalue weighted by Crippen LogP contribution is 2.22. The second-order valence-electron chi connectivity index (χ2n) is 16.8. The first kappa shape index (κ1) is 54.4. The number of carbonyl (C=O) groups is 3. The fourth-order valence-electron chi connectivity index (χ4n) is 7.32. The summed E-state index contributed by atoms with van der Waals surface area (Å²) in [4.78, 5) is 58.8. The Kier molecular flexibility index (Phi) is 18.9. The van der Waals surface area contributed by atoms with Crippen molar-refractivity contribution in [3.05, 3.63) is 177 Å². The average molecular weight is 1070 g/mol. The molecular weight excluding hydrogens is 1020 g/mol. The molecule has 6 heterocycles. The molecule has 3 atom stereocenters. The van der Waals surface area contributed by atoms with E-state index in [1.54, 1.807) is 24.3 Å². The molecule has 3 aliphatic heterocycles. The summed E-state index contributed by atoms with van der Waals surface area (Å²) < 4.78 is 68.2. The molecule has 18 nitrogen and oxygen atoms in total. The molecule has 0 bridgehead atoms. The van der Waals surface area contributed by atoms with E-state index in [0.717, 1.165) is 73.4 Å². The van der Waals surface area contributed by atoms with E-state index in [0.29, 0.717) is 48.6 Å². The third-order valence-electron chi connectivity index (χ3n) is 11.3. The highest BCUT2D eigenvalue weighted by molar-refractivity contribution is 6.41. The van der Waals surface area contributed by atoms with Gasteiger partial charge in [0.05, 0.1) is 46.0 Å². The second kappa shape index (κ2) is 26.0. The van der Waals surface area contributed by atoms with Gasteiger partial charge in [0.25, 0.3) is 35.8 Å². The number of anilines is 3. The third-order valence-corrected chi connectivity index (χ3v) is 12.0. The lowest BCUT2D eigenvalue weighted by Crippen LogP contribution is -2.15. The molecule has 0 aliphatic carbocycles. The number of hydrogen-bond donors (Lipinski definition) is 6. The lowest BCUT2D eigenvalue weighted by atomic mass is 10.1. The van der Waals surface area contributed by atoms with Crippen molar-refractivity contribution in [2.75, 3.05) is 35.8 Å². The lowest BCUT2D eigenvalue weighted by molar-refractivity contribution is 0.101. The number of aryl methyl sites for hydroxylation is 3. The number of benzene rings is 3. The van der Waals surface area contributed by atoms with Crippen LogP contribution >= 0.6 is 23.2 Å². The molecule has 0 radical (unpaired) electrons. The Balaban J connectivity index is 0.000000164. The Morgan fingerprint density at radius 2 is 0.960 bits per heavy atom. The highest BCUT2D eigenvalue weighted by Gasteiger charge is 2.20. The number of carbonyl (C=O) groups excluding carboxylic acids is 3. The zero-order chi connectivity index (χ0) is 53.4. The number of amides is 3. The van der Waals surface area contributed by atoms with E-state index in [2.05, 4.69) is 45.9 Å². The average Bonchev–Trinajstić information content (AvgIpc) is 4.15. The number of nitrogens with two attached hydrogens (primary N) is 3. The van der Waals surface area contributed by atoms with E-state index in [9.17, 15) is 31.9 Å². The van der Waals surface area contributed by atoms with Gasteiger partial charge in [-0.1, -0.05) is 59.6 Å². The topological polar surface area (TPSA) is 269 Å². The van der Waals surface area contributed by atoms with Crippen LogP contribution in [-0.2, 0) is 33.5 Å². The summed E-state index contributed by atoms with van der Waals surface area (Å²) in [5, 5.41) is 8.27. The first-order valence-electron chi connectivity index (χ1n) is 23.1. The number of aliphatic imine (C=N–C) groups is 3. The summed E-state index contributed by atoms with van der Waals surface area (Å²) in [6.07, 6.45) is 6.99. The van der Waals surface area contributed by atoms with Crippen molar-refractivity contribution in [3.63, 3.8) is 0 Å². The molecule has 3 aromatic heterocycles. The molecule has 3 aliphatic rings. The van der Waals surface area contributed by atoms with Gasteiger partial charge in [-0.15, -0.1) is 0 Å². The van der Waals surface area contributed by atoms with E-state index in [1.165, 1.54) is 12.3 Å². The maximum atomic E-state index is 13.5. The summed E-state index contributed by atoms with van der Waals surface area (Å²) in [5.41, 5.74) is 20.9. The predicted octanol–water partition coefficient (Wildman–Crippen LogP) is 7.80. The van der Waals surface area contributed by atoms with E-state index in [1.807, 2.05) is 48.5 Å².